The minimum Gasteiger partial charge on any atom is -0.381 e. The van der Waals surface area contributed by atoms with Crippen molar-refractivity contribution < 1.29 is 9.53 Å². The summed E-state index contributed by atoms with van der Waals surface area (Å²) in [7, 11) is 3.70. The van der Waals surface area contributed by atoms with E-state index in [2.05, 4.69) is 34.5 Å². The zero-order chi connectivity index (χ0) is 18.7. The molecule has 9 heteroatoms. The Morgan fingerprint density at radius 3 is 2.57 bits per heavy atom. The van der Waals surface area contributed by atoms with Gasteiger partial charge in [0.1, 0.15) is 0 Å². The van der Waals surface area contributed by atoms with Crippen molar-refractivity contribution in [2.75, 3.05) is 39.8 Å². The number of piperidine rings is 1. The van der Waals surface area contributed by atoms with Gasteiger partial charge in [-0.15, -0.1) is 24.8 Å². The van der Waals surface area contributed by atoms with Crippen LogP contribution in [0.25, 0.3) is 0 Å². The number of methoxy groups -OCH3 is 1. The molecule has 7 nitrogen and oxygen atoms in total. The number of carbonyl (C=O) groups excluding carboxylic acids is 1. The maximum Gasteiger partial charge on any atom is 0.225 e. The Balaban J connectivity index is 0.00000196. The van der Waals surface area contributed by atoms with E-state index in [1.54, 1.807) is 11.8 Å². The summed E-state index contributed by atoms with van der Waals surface area (Å²) in [5.41, 5.74) is 1.09. The molecule has 3 rings (SSSR count). The van der Waals surface area contributed by atoms with Crippen LogP contribution in [-0.2, 0) is 16.6 Å². The zero-order valence-corrected chi connectivity index (χ0v) is 18.9. The third kappa shape index (κ3) is 5.83. The largest absolute Gasteiger partial charge is 0.381 e. The molecule has 0 aliphatic carbocycles. The lowest BCUT2D eigenvalue weighted by Gasteiger charge is -2.43. The van der Waals surface area contributed by atoms with E-state index in [4.69, 9.17) is 4.74 Å². The molecule has 1 aromatic rings. The van der Waals surface area contributed by atoms with Crippen molar-refractivity contribution in [1.29, 1.82) is 0 Å². The average Bonchev–Trinajstić information content (AvgIpc) is 3.28. The van der Waals surface area contributed by atoms with E-state index < -0.39 is 0 Å². The lowest BCUT2D eigenvalue weighted by Crippen LogP contribution is -2.55. The Labute approximate surface area is 180 Å². The van der Waals surface area contributed by atoms with Gasteiger partial charge in [0.2, 0.25) is 5.91 Å². The minimum absolute atomic E-state index is 0. The molecule has 2 N–H and O–H groups in total. The molecule has 0 spiro atoms. The maximum absolute atomic E-state index is 12.8. The first-order valence-electron chi connectivity index (χ1n) is 9.65. The van der Waals surface area contributed by atoms with Gasteiger partial charge in [0.15, 0.2) is 0 Å². The number of rotatable bonds is 6. The number of aromatic nitrogens is 2. The highest BCUT2D eigenvalue weighted by Gasteiger charge is 2.36. The van der Waals surface area contributed by atoms with Crippen molar-refractivity contribution in [3.8, 4) is 0 Å². The summed E-state index contributed by atoms with van der Waals surface area (Å²) in [6, 6.07) is 0. The summed E-state index contributed by atoms with van der Waals surface area (Å²) in [6.07, 6.45) is 6.39. The molecular formula is C19H35Cl2N5O2. The third-order valence-corrected chi connectivity index (χ3v) is 6.03. The number of nitrogens with zero attached hydrogens (tertiary/aromatic N) is 3. The molecular weight excluding hydrogens is 401 g/mol. The molecule has 0 bridgehead atoms. The number of likely N-dealkylation sites (tertiary alicyclic amines) is 1. The predicted molar refractivity (Wildman–Crippen MR) is 115 cm³/mol. The lowest BCUT2D eigenvalue weighted by atomic mass is 9.90. The van der Waals surface area contributed by atoms with Crippen LogP contribution in [0.1, 0.15) is 38.2 Å². The standard InChI is InChI=1S/C19H33N5O2.2ClH/c1-19(2,24-7-5-15(26-4)6-8-24)13-21-18(25)17-11-20-10-16(17)14-9-22-23(3)12-14;;/h9,12,15-17,20H,5-8,10-11,13H2,1-4H3,(H,21,25);2*1H/t16-,17+;;/m1../s1. The van der Waals surface area contributed by atoms with Gasteiger partial charge in [0.25, 0.3) is 0 Å². The van der Waals surface area contributed by atoms with Gasteiger partial charge in [0, 0.05) is 64.5 Å². The Hall–Kier alpha value is -0.860. The highest BCUT2D eigenvalue weighted by Crippen LogP contribution is 2.28. The molecule has 0 aromatic carbocycles. The molecule has 0 saturated carbocycles. The van der Waals surface area contributed by atoms with Crippen molar-refractivity contribution in [2.45, 2.75) is 44.2 Å². The highest BCUT2D eigenvalue weighted by atomic mass is 35.5. The van der Waals surface area contributed by atoms with E-state index in [1.807, 2.05) is 19.4 Å². The molecule has 162 valence electrons. The van der Waals surface area contributed by atoms with Crippen LogP contribution in [0.2, 0.25) is 0 Å². The second-order valence-electron chi connectivity index (χ2n) is 8.27. The summed E-state index contributed by atoms with van der Waals surface area (Å²) in [5, 5.41) is 10.8. The van der Waals surface area contributed by atoms with Crippen LogP contribution in [-0.4, -0.2) is 72.1 Å². The van der Waals surface area contributed by atoms with E-state index in [-0.39, 0.29) is 48.1 Å². The summed E-state index contributed by atoms with van der Waals surface area (Å²) in [5.74, 6) is 0.308. The maximum atomic E-state index is 12.8. The summed E-state index contributed by atoms with van der Waals surface area (Å²) in [6.45, 7) is 8.69. The molecule has 0 radical (unpaired) electrons. The van der Waals surface area contributed by atoms with Gasteiger partial charge >= 0.3 is 0 Å². The fraction of sp³-hybridized carbons (Fsp3) is 0.789. The predicted octanol–water partition coefficient (Wildman–Crippen LogP) is 1.57. The van der Waals surface area contributed by atoms with Crippen molar-refractivity contribution in [3.63, 3.8) is 0 Å². The minimum atomic E-state index is -0.0514. The molecule has 28 heavy (non-hydrogen) atoms. The number of nitrogens with one attached hydrogen (secondary N) is 2. The van der Waals surface area contributed by atoms with Gasteiger partial charge in [0.05, 0.1) is 18.2 Å². The first-order valence-corrected chi connectivity index (χ1v) is 9.65. The van der Waals surface area contributed by atoms with Crippen LogP contribution >= 0.6 is 24.8 Å². The molecule has 3 heterocycles. The van der Waals surface area contributed by atoms with E-state index in [0.29, 0.717) is 12.6 Å². The Morgan fingerprint density at radius 1 is 1.32 bits per heavy atom. The molecule has 2 aliphatic heterocycles. The normalized spacial score (nSPS) is 23.7. The molecule has 1 aromatic heterocycles. The van der Waals surface area contributed by atoms with Gasteiger partial charge in [-0.25, -0.2) is 0 Å². The van der Waals surface area contributed by atoms with Gasteiger partial charge in [-0.1, -0.05) is 0 Å². The fourth-order valence-electron chi connectivity index (χ4n) is 4.18. The number of hydrogen-bond acceptors (Lipinski definition) is 5. The molecule has 1 amide bonds. The Kier molecular flexibility index (Phi) is 9.70. The van der Waals surface area contributed by atoms with Gasteiger partial charge < -0.3 is 15.4 Å². The Morgan fingerprint density at radius 2 is 2.00 bits per heavy atom. The fourth-order valence-corrected chi connectivity index (χ4v) is 4.18. The highest BCUT2D eigenvalue weighted by molar-refractivity contribution is 5.85. The zero-order valence-electron chi connectivity index (χ0n) is 17.3. The first-order chi connectivity index (χ1) is 12.4. The van der Waals surface area contributed by atoms with E-state index >= 15 is 0 Å². The second kappa shape index (κ2) is 10.8. The molecule has 0 unspecified atom stereocenters. The SMILES string of the molecule is COC1CCN(C(C)(C)CNC(=O)[C@H]2CNC[C@@H]2c2cnn(C)c2)CC1.Cl.Cl. The number of aryl methyl sites for hydroxylation is 1. The van der Waals surface area contributed by atoms with Gasteiger partial charge in [-0.05, 0) is 32.3 Å². The number of ether oxygens (including phenoxy) is 1. The first kappa shape index (κ1) is 25.2. The van der Waals surface area contributed by atoms with Crippen molar-refractivity contribution in [2.24, 2.45) is 13.0 Å². The lowest BCUT2D eigenvalue weighted by molar-refractivity contribution is -0.125. The van der Waals surface area contributed by atoms with Crippen molar-refractivity contribution in [3.05, 3.63) is 18.0 Å². The molecule has 2 saturated heterocycles. The summed E-state index contributed by atoms with van der Waals surface area (Å²) >= 11 is 0. The Bertz CT molecular complexity index is 617. The molecule has 2 atom stereocenters. The molecule has 2 fully saturated rings. The van der Waals surface area contributed by atoms with Crippen molar-refractivity contribution >= 4 is 30.7 Å². The van der Waals surface area contributed by atoms with E-state index in [1.165, 1.54) is 0 Å². The van der Waals surface area contributed by atoms with Crippen LogP contribution in [0.4, 0.5) is 0 Å². The van der Waals surface area contributed by atoms with Crippen LogP contribution < -0.4 is 10.6 Å². The van der Waals surface area contributed by atoms with Gasteiger partial charge in [-0.3, -0.25) is 14.4 Å². The quantitative estimate of drug-likeness (QED) is 0.709. The van der Waals surface area contributed by atoms with Crippen molar-refractivity contribution in [1.82, 2.24) is 25.3 Å². The van der Waals surface area contributed by atoms with E-state index in [9.17, 15) is 4.79 Å². The monoisotopic (exact) mass is 435 g/mol. The smallest absolute Gasteiger partial charge is 0.225 e. The van der Waals surface area contributed by atoms with Gasteiger partial charge in [-0.2, -0.15) is 5.10 Å². The topological polar surface area (TPSA) is 71.4 Å². The summed E-state index contributed by atoms with van der Waals surface area (Å²) in [4.78, 5) is 15.3. The van der Waals surface area contributed by atoms with Crippen LogP contribution in [0.3, 0.4) is 0 Å². The third-order valence-electron chi connectivity index (χ3n) is 6.03. The number of amides is 1. The van der Waals surface area contributed by atoms with Crippen LogP contribution in [0, 0.1) is 5.92 Å². The molecule has 2 aliphatic rings. The number of hydrogen-bond donors (Lipinski definition) is 2. The summed E-state index contributed by atoms with van der Waals surface area (Å²) < 4.78 is 7.26. The second-order valence-corrected chi connectivity index (χ2v) is 8.27. The average molecular weight is 436 g/mol. The number of carbonyl (C=O) groups is 1. The number of halogens is 2. The van der Waals surface area contributed by atoms with Crippen LogP contribution in [0.15, 0.2) is 12.4 Å². The van der Waals surface area contributed by atoms with Crippen LogP contribution in [0.5, 0.6) is 0 Å². The van der Waals surface area contributed by atoms with E-state index in [0.717, 1.165) is 44.6 Å².